The molecule has 0 aliphatic carbocycles. The van der Waals surface area contributed by atoms with Crippen LogP contribution in [0.1, 0.15) is 6.92 Å². The Balaban J connectivity index is 2.28. The third-order valence-electron chi connectivity index (χ3n) is 2.86. The molecule has 0 atom stereocenters. The number of nitrogens with zero attached hydrogens (tertiary/aromatic N) is 2. The van der Waals surface area contributed by atoms with Crippen LogP contribution >= 0.6 is 46.1 Å². The van der Waals surface area contributed by atoms with E-state index in [4.69, 9.17) is 34.8 Å². The molecule has 1 N–H and O–H groups in total. The van der Waals surface area contributed by atoms with Crippen LogP contribution in [0.2, 0.25) is 14.4 Å². The fourth-order valence-corrected chi connectivity index (χ4v) is 3.52. The van der Waals surface area contributed by atoms with E-state index in [1.165, 1.54) is 11.3 Å². The van der Waals surface area contributed by atoms with Crippen LogP contribution in [0.15, 0.2) is 24.3 Å². The van der Waals surface area contributed by atoms with Crippen molar-refractivity contribution in [2.24, 2.45) is 0 Å². The van der Waals surface area contributed by atoms with Gasteiger partial charge in [0.25, 0.3) is 0 Å². The SMILES string of the molecule is CCNc1nc(-c2ccc(Cl)s2)nc2c(Cl)cc(Cl)cc12. The van der Waals surface area contributed by atoms with Crippen molar-refractivity contribution in [1.29, 1.82) is 0 Å². The summed E-state index contributed by atoms with van der Waals surface area (Å²) in [5, 5.41) is 5.09. The summed E-state index contributed by atoms with van der Waals surface area (Å²) < 4.78 is 0.695. The van der Waals surface area contributed by atoms with Gasteiger partial charge in [-0.2, -0.15) is 0 Å². The molecule has 2 heterocycles. The van der Waals surface area contributed by atoms with Crippen LogP contribution in [-0.2, 0) is 0 Å². The number of hydrogen-bond acceptors (Lipinski definition) is 4. The smallest absolute Gasteiger partial charge is 0.172 e. The Bertz CT molecular complexity index is 817. The minimum atomic E-state index is 0.503. The molecule has 0 unspecified atom stereocenters. The first-order chi connectivity index (χ1) is 10.1. The van der Waals surface area contributed by atoms with Crippen molar-refractivity contribution >= 4 is 62.9 Å². The Morgan fingerprint density at radius 1 is 1.14 bits per heavy atom. The number of thiophene rings is 1. The lowest BCUT2D eigenvalue weighted by Crippen LogP contribution is -2.02. The fourth-order valence-electron chi connectivity index (χ4n) is 2.00. The van der Waals surface area contributed by atoms with Gasteiger partial charge in [0.05, 0.1) is 19.8 Å². The minimum Gasteiger partial charge on any atom is -0.370 e. The maximum absolute atomic E-state index is 6.27. The van der Waals surface area contributed by atoms with Crippen molar-refractivity contribution in [2.75, 3.05) is 11.9 Å². The molecule has 21 heavy (non-hydrogen) atoms. The molecule has 3 aromatic rings. The average molecular weight is 359 g/mol. The Kier molecular flexibility index (Phi) is 4.22. The monoisotopic (exact) mass is 357 g/mol. The number of anilines is 1. The van der Waals surface area contributed by atoms with Crippen molar-refractivity contribution in [1.82, 2.24) is 9.97 Å². The highest BCUT2D eigenvalue weighted by Crippen LogP contribution is 2.35. The molecule has 7 heteroatoms. The van der Waals surface area contributed by atoms with Crippen LogP contribution < -0.4 is 5.32 Å². The Morgan fingerprint density at radius 3 is 2.62 bits per heavy atom. The standard InChI is InChI=1S/C14H10Cl3N3S/c1-2-18-13-8-5-7(15)6-9(16)12(8)19-14(20-13)10-3-4-11(17)21-10/h3-6H,2H2,1H3,(H,18,19,20). The fraction of sp³-hybridized carbons (Fsp3) is 0.143. The van der Waals surface area contributed by atoms with E-state index in [1.807, 2.05) is 25.1 Å². The van der Waals surface area contributed by atoms with Gasteiger partial charge >= 0.3 is 0 Å². The molecule has 0 aliphatic heterocycles. The van der Waals surface area contributed by atoms with Gasteiger partial charge in [0.1, 0.15) is 5.82 Å². The second kappa shape index (κ2) is 5.97. The summed E-state index contributed by atoms with van der Waals surface area (Å²) in [4.78, 5) is 10.0. The zero-order chi connectivity index (χ0) is 15.0. The first kappa shape index (κ1) is 14.9. The zero-order valence-electron chi connectivity index (χ0n) is 11.0. The highest BCUT2D eigenvalue weighted by Gasteiger charge is 2.13. The predicted molar refractivity (Wildman–Crippen MR) is 92.0 cm³/mol. The zero-order valence-corrected chi connectivity index (χ0v) is 14.0. The van der Waals surface area contributed by atoms with Crippen LogP contribution in [0.5, 0.6) is 0 Å². The number of fused-ring (bicyclic) bond motifs is 1. The van der Waals surface area contributed by atoms with Gasteiger partial charge in [-0.3, -0.25) is 0 Å². The van der Waals surface area contributed by atoms with Gasteiger partial charge in [0.15, 0.2) is 5.82 Å². The Morgan fingerprint density at radius 2 is 1.95 bits per heavy atom. The molecule has 0 bridgehead atoms. The molecule has 0 aliphatic rings. The number of hydrogen-bond donors (Lipinski definition) is 1. The van der Waals surface area contributed by atoms with E-state index in [1.54, 1.807) is 6.07 Å². The van der Waals surface area contributed by atoms with E-state index in [0.717, 1.165) is 16.8 Å². The van der Waals surface area contributed by atoms with E-state index >= 15 is 0 Å². The number of benzene rings is 1. The van der Waals surface area contributed by atoms with Crippen molar-refractivity contribution in [3.8, 4) is 10.7 Å². The van der Waals surface area contributed by atoms with E-state index in [0.29, 0.717) is 31.5 Å². The van der Waals surface area contributed by atoms with Crippen molar-refractivity contribution in [3.05, 3.63) is 38.6 Å². The number of halogens is 3. The third kappa shape index (κ3) is 2.94. The molecule has 108 valence electrons. The number of rotatable bonds is 3. The van der Waals surface area contributed by atoms with Crippen LogP contribution in [-0.4, -0.2) is 16.5 Å². The molecule has 0 amide bonds. The second-order valence-electron chi connectivity index (χ2n) is 4.31. The summed E-state index contributed by atoms with van der Waals surface area (Å²) in [6.45, 7) is 2.74. The van der Waals surface area contributed by atoms with Gasteiger partial charge in [-0.15, -0.1) is 11.3 Å². The van der Waals surface area contributed by atoms with Crippen molar-refractivity contribution in [2.45, 2.75) is 6.92 Å². The molecule has 1 aromatic carbocycles. The van der Waals surface area contributed by atoms with Crippen molar-refractivity contribution in [3.63, 3.8) is 0 Å². The molecular formula is C14H10Cl3N3S. The summed E-state index contributed by atoms with van der Waals surface area (Å²) in [6.07, 6.45) is 0. The summed E-state index contributed by atoms with van der Waals surface area (Å²) in [7, 11) is 0. The van der Waals surface area contributed by atoms with Crippen LogP contribution in [0.4, 0.5) is 5.82 Å². The van der Waals surface area contributed by atoms with Gasteiger partial charge in [0, 0.05) is 17.0 Å². The Hall–Kier alpha value is -1.07. The lowest BCUT2D eigenvalue weighted by Gasteiger charge is -2.10. The van der Waals surface area contributed by atoms with Gasteiger partial charge in [-0.25, -0.2) is 9.97 Å². The van der Waals surface area contributed by atoms with Crippen LogP contribution in [0.3, 0.4) is 0 Å². The summed E-state index contributed by atoms with van der Waals surface area (Å²) in [5.41, 5.74) is 0.673. The van der Waals surface area contributed by atoms with E-state index < -0.39 is 0 Å². The maximum atomic E-state index is 6.27. The molecule has 0 radical (unpaired) electrons. The molecule has 3 rings (SSSR count). The maximum Gasteiger partial charge on any atom is 0.172 e. The lowest BCUT2D eigenvalue weighted by atomic mass is 10.2. The molecule has 3 nitrogen and oxygen atoms in total. The molecule has 0 fully saturated rings. The summed E-state index contributed by atoms with van der Waals surface area (Å²) >= 11 is 19.8. The lowest BCUT2D eigenvalue weighted by molar-refractivity contribution is 1.15. The number of nitrogens with one attached hydrogen (secondary N) is 1. The van der Waals surface area contributed by atoms with Gasteiger partial charge < -0.3 is 5.32 Å². The van der Waals surface area contributed by atoms with Gasteiger partial charge in [-0.1, -0.05) is 34.8 Å². The van der Waals surface area contributed by atoms with Gasteiger partial charge in [-0.05, 0) is 31.2 Å². The normalized spacial score (nSPS) is 11.0. The first-order valence-electron chi connectivity index (χ1n) is 6.25. The third-order valence-corrected chi connectivity index (χ3v) is 4.59. The van der Waals surface area contributed by atoms with Gasteiger partial charge in [0.2, 0.25) is 0 Å². The largest absolute Gasteiger partial charge is 0.370 e. The highest BCUT2D eigenvalue weighted by molar-refractivity contribution is 7.19. The minimum absolute atomic E-state index is 0.503. The highest BCUT2D eigenvalue weighted by atomic mass is 35.5. The van der Waals surface area contributed by atoms with E-state index in [-0.39, 0.29) is 0 Å². The predicted octanol–water partition coefficient (Wildman–Crippen LogP) is 5.75. The topological polar surface area (TPSA) is 37.8 Å². The quantitative estimate of drug-likeness (QED) is 0.647. The van der Waals surface area contributed by atoms with Crippen LogP contribution in [0.25, 0.3) is 21.6 Å². The summed E-state index contributed by atoms with van der Waals surface area (Å²) in [5.74, 6) is 1.31. The molecule has 2 aromatic heterocycles. The molecule has 0 saturated heterocycles. The molecule has 0 saturated carbocycles. The van der Waals surface area contributed by atoms with Crippen LogP contribution in [0, 0.1) is 0 Å². The first-order valence-corrected chi connectivity index (χ1v) is 8.20. The Labute approximate surface area is 140 Å². The summed E-state index contributed by atoms with van der Waals surface area (Å²) in [6, 6.07) is 7.21. The molecular weight excluding hydrogens is 349 g/mol. The number of aromatic nitrogens is 2. The average Bonchev–Trinajstić information content (AvgIpc) is 2.86. The van der Waals surface area contributed by atoms with Crippen molar-refractivity contribution < 1.29 is 0 Å². The van der Waals surface area contributed by atoms with E-state index in [9.17, 15) is 0 Å². The second-order valence-corrected chi connectivity index (χ2v) is 6.87. The molecule has 0 spiro atoms. The van der Waals surface area contributed by atoms with E-state index in [2.05, 4.69) is 15.3 Å².